The molecule has 2 aliphatic rings. The van der Waals surface area contributed by atoms with Crippen LogP contribution in [0.15, 0.2) is 40.7 Å². The van der Waals surface area contributed by atoms with Crippen molar-refractivity contribution in [3.63, 3.8) is 0 Å². The molecule has 1 heterocycles. The Balaban J connectivity index is 2.15. The number of dihydropyridines is 1. The van der Waals surface area contributed by atoms with Crippen molar-refractivity contribution in [3.05, 3.63) is 46.3 Å². The summed E-state index contributed by atoms with van der Waals surface area (Å²) in [6, 6.07) is 5.25. The van der Waals surface area contributed by atoms with Gasteiger partial charge in [0, 0.05) is 34.3 Å². The summed E-state index contributed by atoms with van der Waals surface area (Å²) in [7, 11) is 4.34. The smallest absolute Gasteiger partial charge is 0.336 e. The fraction of sp³-hybridized carbons (Fsp3) is 0.500. The molecule has 0 fully saturated rings. The first-order valence-electron chi connectivity index (χ1n) is 11.6. The average Bonchev–Trinajstić information content (AvgIpc) is 2.84. The Kier molecular flexibility index (Phi) is 8.88. The number of carbonyl (C=O) groups excluding carboxylic acids is 3. The minimum absolute atomic E-state index is 0.252. The molecule has 3 atom stereocenters. The largest absolute Gasteiger partial charge is 0.497 e. The Morgan fingerprint density at radius 2 is 1.91 bits per heavy atom. The first kappa shape index (κ1) is 26.7. The molecule has 1 N–H and O–H groups in total. The van der Waals surface area contributed by atoms with Gasteiger partial charge < -0.3 is 24.3 Å². The second-order valence-electron chi connectivity index (χ2n) is 8.48. The maximum absolute atomic E-state index is 13.8. The quantitative estimate of drug-likeness (QED) is 0.308. The number of hydrogen-bond donors (Lipinski definition) is 1. The molecule has 190 valence electrons. The van der Waals surface area contributed by atoms with E-state index in [0.29, 0.717) is 51.8 Å². The summed E-state index contributed by atoms with van der Waals surface area (Å²) in [5.74, 6) is -0.807. The minimum Gasteiger partial charge on any atom is -0.497 e. The van der Waals surface area contributed by atoms with E-state index >= 15 is 0 Å². The van der Waals surface area contributed by atoms with Crippen LogP contribution < -0.4 is 14.8 Å². The van der Waals surface area contributed by atoms with Crippen molar-refractivity contribution in [2.75, 3.05) is 39.4 Å². The zero-order valence-corrected chi connectivity index (χ0v) is 21.9. The van der Waals surface area contributed by atoms with Crippen LogP contribution >= 0.6 is 11.8 Å². The number of Topliss-reactive ketones (excluding diaryl/α,β-unsaturated/α-hetero) is 1. The average molecular weight is 504 g/mol. The molecule has 0 saturated heterocycles. The molecular weight excluding hydrogens is 470 g/mol. The summed E-state index contributed by atoms with van der Waals surface area (Å²) in [6.45, 7) is 5.94. The molecule has 1 aromatic rings. The predicted octanol–water partition coefficient (Wildman–Crippen LogP) is 3.61. The van der Waals surface area contributed by atoms with Crippen molar-refractivity contribution in [1.29, 1.82) is 0 Å². The van der Waals surface area contributed by atoms with E-state index in [4.69, 9.17) is 18.9 Å². The number of carbonyl (C=O) groups is 3. The first-order valence-corrected chi connectivity index (χ1v) is 12.7. The number of nitrogens with one attached hydrogen (secondary N) is 1. The normalized spacial score (nSPS) is 21.8. The van der Waals surface area contributed by atoms with Gasteiger partial charge in [0.25, 0.3) is 0 Å². The van der Waals surface area contributed by atoms with Gasteiger partial charge in [-0.1, -0.05) is 19.9 Å². The fourth-order valence-electron chi connectivity index (χ4n) is 4.73. The summed E-state index contributed by atoms with van der Waals surface area (Å²) in [5.41, 5.74) is 2.60. The van der Waals surface area contributed by atoms with E-state index in [9.17, 15) is 14.4 Å². The van der Waals surface area contributed by atoms with Gasteiger partial charge in [-0.05, 0) is 31.1 Å². The van der Waals surface area contributed by atoms with Gasteiger partial charge >= 0.3 is 11.9 Å². The summed E-state index contributed by atoms with van der Waals surface area (Å²) < 4.78 is 21.5. The second-order valence-corrected chi connectivity index (χ2v) is 9.87. The van der Waals surface area contributed by atoms with E-state index in [0.717, 1.165) is 5.75 Å². The van der Waals surface area contributed by atoms with Crippen LogP contribution in [-0.4, -0.2) is 57.2 Å². The van der Waals surface area contributed by atoms with Crippen LogP contribution in [0.25, 0.3) is 0 Å². The number of thioether (sulfide) groups is 1. The Morgan fingerprint density at radius 3 is 2.54 bits per heavy atom. The highest BCUT2D eigenvalue weighted by Gasteiger charge is 2.47. The van der Waals surface area contributed by atoms with Crippen molar-refractivity contribution < 1.29 is 33.3 Å². The third-order valence-corrected chi connectivity index (χ3v) is 7.24. The summed E-state index contributed by atoms with van der Waals surface area (Å²) >= 11 is 1.67. The van der Waals surface area contributed by atoms with Gasteiger partial charge in [-0.2, -0.15) is 11.8 Å². The number of hydrogen-bond acceptors (Lipinski definition) is 9. The highest BCUT2D eigenvalue weighted by atomic mass is 32.2. The number of ether oxygens (including phenoxy) is 4. The van der Waals surface area contributed by atoms with E-state index in [1.165, 1.54) is 14.2 Å². The molecule has 3 rings (SSSR count). The van der Waals surface area contributed by atoms with Gasteiger partial charge in [0.1, 0.15) is 24.0 Å². The third kappa shape index (κ3) is 5.34. The SMILES string of the molecule is CCSCCOC(=O)C1=C(C)NC2=C(C(=O)[C@H](C(=O)OC)[C@@H](C)C2)[C@H]1c1ccc(OC)cc1OC. The monoisotopic (exact) mass is 503 g/mol. The third-order valence-electron chi connectivity index (χ3n) is 6.38. The number of ketones is 1. The van der Waals surface area contributed by atoms with E-state index in [2.05, 4.69) is 5.32 Å². The Bertz CT molecular complexity index is 1060. The van der Waals surface area contributed by atoms with E-state index in [1.807, 2.05) is 13.8 Å². The first-order chi connectivity index (χ1) is 16.8. The van der Waals surface area contributed by atoms with Gasteiger partial charge in [-0.15, -0.1) is 0 Å². The molecule has 0 aromatic heterocycles. The molecule has 0 spiro atoms. The summed E-state index contributed by atoms with van der Waals surface area (Å²) in [4.78, 5) is 39.7. The van der Waals surface area contributed by atoms with E-state index in [1.54, 1.807) is 44.0 Å². The van der Waals surface area contributed by atoms with Crippen LogP contribution in [-0.2, 0) is 23.9 Å². The number of allylic oxidation sites excluding steroid dienone is 3. The number of esters is 2. The highest BCUT2D eigenvalue weighted by molar-refractivity contribution is 7.99. The summed E-state index contributed by atoms with van der Waals surface area (Å²) in [6.07, 6.45) is 0.461. The Hall–Kier alpha value is -2.94. The van der Waals surface area contributed by atoms with Crippen molar-refractivity contribution >= 4 is 29.5 Å². The van der Waals surface area contributed by atoms with Gasteiger partial charge in [0.15, 0.2) is 5.78 Å². The lowest BCUT2D eigenvalue weighted by atomic mass is 9.69. The topological polar surface area (TPSA) is 100 Å². The molecule has 1 aliphatic carbocycles. The maximum atomic E-state index is 13.8. The lowest BCUT2D eigenvalue weighted by molar-refractivity contribution is -0.151. The molecule has 9 heteroatoms. The van der Waals surface area contributed by atoms with E-state index < -0.39 is 23.8 Å². The van der Waals surface area contributed by atoms with Crippen LogP contribution in [0.1, 0.15) is 38.7 Å². The Labute approximate surface area is 210 Å². The number of rotatable bonds is 9. The minimum atomic E-state index is -0.955. The molecule has 0 bridgehead atoms. The molecule has 8 nitrogen and oxygen atoms in total. The molecule has 0 amide bonds. The van der Waals surface area contributed by atoms with Crippen LogP contribution in [0.4, 0.5) is 0 Å². The van der Waals surface area contributed by atoms with Gasteiger partial charge in [0.05, 0.1) is 32.8 Å². The maximum Gasteiger partial charge on any atom is 0.336 e. The zero-order valence-electron chi connectivity index (χ0n) is 21.1. The molecular formula is C26H33NO7S. The lowest BCUT2D eigenvalue weighted by Gasteiger charge is -2.38. The highest BCUT2D eigenvalue weighted by Crippen LogP contribution is 2.48. The van der Waals surface area contributed by atoms with Crippen LogP contribution in [0, 0.1) is 11.8 Å². The second kappa shape index (κ2) is 11.7. The Morgan fingerprint density at radius 1 is 1.17 bits per heavy atom. The van der Waals surface area contributed by atoms with Crippen LogP contribution in [0.3, 0.4) is 0 Å². The summed E-state index contributed by atoms with van der Waals surface area (Å²) in [5, 5.41) is 3.26. The molecule has 35 heavy (non-hydrogen) atoms. The number of methoxy groups -OCH3 is 3. The molecule has 1 aromatic carbocycles. The van der Waals surface area contributed by atoms with Crippen molar-refractivity contribution in [2.24, 2.45) is 11.8 Å². The van der Waals surface area contributed by atoms with Crippen molar-refractivity contribution in [2.45, 2.75) is 33.1 Å². The van der Waals surface area contributed by atoms with Gasteiger partial charge in [0.2, 0.25) is 0 Å². The predicted molar refractivity (Wildman–Crippen MR) is 133 cm³/mol. The van der Waals surface area contributed by atoms with Crippen molar-refractivity contribution in [1.82, 2.24) is 5.32 Å². The standard InChI is InChI=1S/C26H33NO7S/c1-7-35-11-10-34-26(30)21-15(3)27-18-12-14(2)20(25(29)33-6)24(28)23(18)22(21)17-9-8-16(31-4)13-19(17)32-5/h8-9,13-14,20,22,27H,7,10-12H2,1-6H3/t14-,20+,22-/m0/s1. The molecule has 0 saturated carbocycles. The van der Waals surface area contributed by atoms with Crippen LogP contribution in [0.2, 0.25) is 0 Å². The van der Waals surface area contributed by atoms with Crippen LogP contribution in [0.5, 0.6) is 11.5 Å². The van der Waals surface area contributed by atoms with Gasteiger partial charge in [-0.3, -0.25) is 9.59 Å². The molecule has 0 radical (unpaired) electrons. The van der Waals surface area contributed by atoms with Gasteiger partial charge in [-0.25, -0.2) is 4.79 Å². The number of benzene rings is 1. The zero-order chi connectivity index (χ0) is 25.7. The molecule has 0 unspecified atom stereocenters. The van der Waals surface area contributed by atoms with Crippen molar-refractivity contribution in [3.8, 4) is 11.5 Å². The molecule has 1 aliphatic heterocycles. The lowest BCUT2D eigenvalue weighted by Crippen LogP contribution is -2.43. The fourth-order valence-corrected chi connectivity index (χ4v) is 5.22. The van der Waals surface area contributed by atoms with E-state index in [-0.39, 0.29) is 18.3 Å².